The van der Waals surface area contributed by atoms with Crippen molar-refractivity contribution in [2.45, 2.75) is 30.1 Å². The molecule has 0 spiro atoms. The van der Waals surface area contributed by atoms with Crippen molar-refractivity contribution in [3.8, 4) is 0 Å². The lowest BCUT2D eigenvalue weighted by atomic mass is 10.1. The summed E-state index contributed by atoms with van der Waals surface area (Å²) in [6.07, 6.45) is 0. The molecular formula is C24H22Cl2N4OS2. The molecule has 0 radical (unpaired) electrons. The molecule has 0 fully saturated rings. The molecular weight excluding hydrogens is 495 g/mol. The summed E-state index contributed by atoms with van der Waals surface area (Å²) >= 11 is 15.3. The SMILES string of the molecule is CCn1c(CSCc2ccc(Cl)cc2Cl)nnc1SCC(=O)Nc1cccc2ccccc12. The molecule has 1 amide bonds. The second-order valence-electron chi connectivity index (χ2n) is 7.24. The summed E-state index contributed by atoms with van der Waals surface area (Å²) in [5.41, 5.74) is 1.85. The Balaban J connectivity index is 1.34. The topological polar surface area (TPSA) is 59.8 Å². The van der Waals surface area contributed by atoms with Gasteiger partial charge in [-0.15, -0.1) is 22.0 Å². The van der Waals surface area contributed by atoms with Crippen LogP contribution in [0.15, 0.2) is 65.8 Å². The molecule has 4 rings (SSSR count). The average molecular weight is 518 g/mol. The van der Waals surface area contributed by atoms with Crippen LogP contribution >= 0.6 is 46.7 Å². The van der Waals surface area contributed by atoms with E-state index in [9.17, 15) is 4.79 Å². The first-order valence-corrected chi connectivity index (χ1v) is 13.3. The Bertz CT molecular complexity index is 1270. The van der Waals surface area contributed by atoms with E-state index in [4.69, 9.17) is 23.2 Å². The van der Waals surface area contributed by atoms with Crippen LogP contribution in [0.3, 0.4) is 0 Å². The molecule has 170 valence electrons. The second-order valence-corrected chi connectivity index (χ2v) is 10.0. The van der Waals surface area contributed by atoms with Crippen molar-refractivity contribution in [2.24, 2.45) is 0 Å². The first kappa shape index (κ1) is 24.0. The van der Waals surface area contributed by atoms with Gasteiger partial charge in [0.2, 0.25) is 5.91 Å². The summed E-state index contributed by atoms with van der Waals surface area (Å²) in [5, 5.41) is 15.8. The van der Waals surface area contributed by atoms with Crippen LogP contribution in [-0.2, 0) is 22.8 Å². The summed E-state index contributed by atoms with van der Waals surface area (Å²) < 4.78 is 2.05. The Kier molecular flexibility index (Phi) is 8.20. The van der Waals surface area contributed by atoms with Gasteiger partial charge in [-0.25, -0.2) is 0 Å². The number of nitrogens with zero attached hydrogens (tertiary/aromatic N) is 3. The van der Waals surface area contributed by atoms with E-state index in [-0.39, 0.29) is 11.7 Å². The molecule has 33 heavy (non-hydrogen) atoms. The number of thioether (sulfide) groups is 2. The highest BCUT2D eigenvalue weighted by atomic mass is 35.5. The molecule has 5 nitrogen and oxygen atoms in total. The molecule has 1 N–H and O–H groups in total. The van der Waals surface area contributed by atoms with Crippen molar-refractivity contribution in [1.29, 1.82) is 0 Å². The number of carbonyl (C=O) groups excluding carboxylic acids is 1. The van der Waals surface area contributed by atoms with E-state index in [0.717, 1.165) is 45.3 Å². The van der Waals surface area contributed by atoms with Crippen LogP contribution in [0.5, 0.6) is 0 Å². The van der Waals surface area contributed by atoms with Gasteiger partial charge in [0, 0.05) is 33.4 Å². The first-order valence-electron chi connectivity index (χ1n) is 10.4. The molecule has 0 saturated carbocycles. The zero-order valence-corrected chi connectivity index (χ0v) is 21.1. The molecule has 4 aromatic rings. The number of amides is 1. The van der Waals surface area contributed by atoms with E-state index in [2.05, 4.69) is 15.5 Å². The molecule has 9 heteroatoms. The Morgan fingerprint density at radius 1 is 1.03 bits per heavy atom. The first-order chi connectivity index (χ1) is 16.0. The number of halogens is 2. The summed E-state index contributed by atoms with van der Waals surface area (Å²) in [7, 11) is 0. The van der Waals surface area contributed by atoms with Crippen LogP contribution in [0.1, 0.15) is 18.3 Å². The Hall–Kier alpha value is -2.19. The van der Waals surface area contributed by atoms with Crippen molar-refractivity contribution in [1.82, 2.24) is 14.8 Å². The maximum Gasteiger partial charge on any atom is 0.234 e. The molecule has 0 saturated heterocycles. The van der Waals surface area contributed by atoms with Crippen LogP contribution < -0.4 is 5.32 Å². The van der Waals surface area contributed by atoms with Crippen LogP contribution in [-0.4, -0.2) is 26.4 Å². The lowest BCUT2D eigenvalue weighted by molar-refractivity contribution is -0.113. The van der Waals surface area contributed by atoms with Gasteiger partial charge in [0.25, 0.3) is 0 Å². The normalized spacial score (nSPS) is 11.1. The summed E-state index contributed by atoms with van der Waals surface area (Å²) in [6.45, 7) is 2.78. The largest absolute Gasteiger partial charge is 0.325 e. The number of carbonyl (C=O) groups is 1. The van der Waals surface area contributed by atoms with Gasteiger partial charge in [0.05, 0.1) is 11.5 Å². The number of hydrogen-bond donors (Lipinski definition) is 1. The molecule has 0 atom stereocenters. The van der Waals surface area contributed by atoms with E-state index in [1.54, 1.807) is 17.8 Å². The Morgan fingerprint density at radius 3 is 2.67 bits per heavy atom. The minimum atomic E-state index is -0.0738. The van der Waals surface area contributed by atoms with Crippen LogP contribution in [0.25, 0.3) is 10.8 Å². The molecule has 3 aromatic carbocycles. The van der Waals surface area contributed by atoms with Crippen LogP contribution in [0, 0.1) is 0 Å². The maximum atomic E-state index is 12.6. The highest BCUT2D eigenvalue weighted by Gasteiger charge is 2.14. The third kappa shape index (κ3) is 6.03. The van der Waals surface area contributed by atoms with Gasteiger partial charge in [-0.2, -0.15) is 0 Å². The lowest BCUT2D eigenvalue weighted by Crippen LogP contribution is -2.15. The lowest BCUT2D eigenvalue weighted by Gasteiger charge is -2.10. The van der Waals surface area contributed by atoms with Crippen molar-refractivity contribution in [3.63, 3.8) is 0 Å². The molecule has 0 unspecified atom stereocenters. The minimum Gasteiger partial charge on any atom is -0.325 e. The zero-order valence-electron chi connectivity index (χ0n) is 17.9. The van der Waals surface area contributed by atoms with Gasteiger partial charge in [0.1, 0.15) is 5.82 Å². The number of aromatic nitrogens is 3. The van der Waals surface area contributed by atoms with Crippen molar-refractivity contribution >= 4 is 69.1 Å². The van der Waals surface area contributed by atoms with Gasteiger partial charge in [0.15, 0.2) is 5.16 Å². The number of fused-ring (bicyclic) bond motifs is 1. The molecule has 0 aliphatic rings. The fraction of sp³-hybridized carbons (Fsp3) is 0.208. The third-order valence-corrected chi connectivity index (χ3v) is 7.54. The summed E-state index contributed by atoms with van der Waals surface area (Å²) in [5.74, 6) is 2.51. The van der Waals surface area contributed by atoms with E-state index >= 15 is 0 Å². The van der Waals surface area contributed by atoms with E-state index in [1.165, 1.54) is 11.8 Å². The van der Waals surface area contributed by atoms with Crippen molar-refractivity contribution in [3.05, 3.63) is 82.1 Å². The van der Waals surface area contributed by atoms with E-state index < -0.39 is 0 Å². The molecule has 0 aliphatic heterocycles. The van der Waals surface area contributed by atoms with Gasteiger partial charge < -0.3 is 9.88 Å². The fourth-order valence-corrected chi connectivity index (χ4v) is 5.74. The second kappa shape index (κ2) is 11.3. The fourth-order valence-electron chi connectivity index (χ4n) is 3.39. The molecule has 0 bridgehead atoms. The third-order valence-electron chi connectivity index (χ3n) is 5.01. The number of rotatable bonds is 9. The molecule has 1 heterocycles. The Labute approximate surface area is 211 Å². The number of benzene rings is 3. The van der Waals surface area contributed by atoms with E-state index in [1.807, 2.05) is 66.1 Å². The smallest absolute Gasteiger partial charge is 0.234 e. The van der Waals surface area contributed by atoms with Gasteiger partial charge in [-0.3, -0.25) is 4.79 Å². The van der Waals surface area contributed by atoms with Gasteiger partial charge in [-0.1, -0.05) is 77.4 Å². The zero-order chi connectivity index (χ0) is 23.2. The predicted octanol–water partition coefficient (Wildman–Crippen LogP) is 6.92. The van der Waals surface area contributed by atoms with Crippen LogP contribution in [0.4, 0.5) is 5.69 Å². The molecule has 1 aromatic heterocycles. The van der Waals surface area contributed by atoms with Gasteiger partial charge in [-0.05, 0) is 36.1 Å². The predicted molar refractivity (Wildman–Crippen MR) is 140 cm³/mol. The van der Waals surface area contributed by atoms with E-state index in [0.29, 0.717) is 15.8 Å². The maximum absolute atomic E-state index is 12.6. The van der Waals surface area contributed by atoms with Crippen molar-refractivity contribution in [2.75, 3.05) is 11.1 Å². The summed E-state index contributed by atoms with van der Waals surface area (Å²) in [4.78, 5) is 12.6. The Morgan fingerprint density at radius 2 is 1.85 bits per heavy atom. The van der Waals surface area contributed by atoms with Crippen LogP contribution in [0.2, 0.25) is 10.0 Å². The average Bonchev–Trinajstić information content (AvgIpc) is 3.21. The standard InChI is InChI=1S/C24H22Cl2N4OS2/c1-2-30-22(14-32-13-17-10-11-18(25)12-20(17)26)28-29-24(30)33-15-23(31)27-21-9-5-7-16-6-3-4-8-19(16)21/h3-12H,2,13-15H2,1H3,(H,27,31). The number of hydrogen-bond acceptors (Lipinski definition) is 5. The van der Waals surface area contributed by atoms with Crippen molar-refractivity contribution < 1.29 is 4.79 Å². The number of nitrogens with one attached hydrogen (secondary N) is 1. The van der Waals surface area contributed by atoms with Gasteiger partial charge >= 0.3 is 0 Å². The summed E-state index contributed by atoms with van der Waals surface area (Å²) in [6, 6.07) is 19.4. The monoisotopic (exact) mass is 516 g/mol. The highest BCUT2D eigenvalue weighted by molar-refractivity contribution is 7.99. The number of anilines is 1. The quantitative estimate of drug-likeness (QED) is 0.244. The molecule has 0 aliphatic carbocycles. The minimum absolute atomic E-state index is 0.0738. The highest BCUT2D eigenvalue weighted by Crippen LogP contribution is 2.27.